The van der Waals surface area contributed by atoms with Crippen LogP contribution in [0.1, 0.15) is 31.0 Å². The van der Waals surface area contributed by atoms with Crippen molar-refractivity contribution in [1.82, 2.24) is 23.9 Å². The first kappa shape index (κ1) is 15.2. The molecule has 1 aliphatic heterocycles. The summed E-state index contributed by atoms with van der Waals surface area (Å²) in [6, 6.07) is 6.63. The molecule has 1 saturated heterocycles. The maximum absolute atomic E-state index is 13.0. The molecule has 3 aromatic rings. The summed E-state index contributed by atoms with van der Waals surface area (Å²) in [6.07, 6.45) is 9.06. The van der Waals surface area contributed by atoms with E-state index in [1.165, 1.54) is 6.20 Å². The molecular weight excluding hydrogens is 326 g/mol. The Bertz CT molecular complexity index is 955. The van der Waals surface area contributed by atoms with Crippen molar-refractivity contribution in [2.75, 3.05) is 6.54 Å². The fraction of sp³-hybridized carbons (Fsp3) is 0.312. The molecule has 1 fully saturated rings. The van der Waals surface area contributed by atoms with Gasteiger partial charge in [0, 0.05) is 31.2 Å². The van der Waals surface area contributed by atoms with Gasteiger partial charge in [0.2, 0.25) is 10.0 Å². The second kappa shape index (κ2) is 5.95. The average Bonchev–Trinajstić information content (AvgIpc) is 3.10. The molecule has 0 spiro atoms. The lowest BCUT2D eigenvalue weighted by Gasteiger charge is -2.34. The van der Waals surface area contributed by atoms with Gasteiger partial charge in [-0.2, -0.15) is 9.40 Å². The molecule has 1 atom stereocenters. The number of sulfonamides is 1. The van der Waals surface area contributed by atoms with Crippen molar-refractivity contribution in [2.24, 2.45) is 0 Å². The van der Waals surface area contributed by atoms with Crippen molar-refractivity contribution in [3.63, 3.8) is 0 Å². The SMILES string of the molecule is O=S(=O)(c1cccnc1)N1CCCC[C@@H]1c1ccn2nccc2n1. The van der Waals surface area contributed by atoms with Gasteiger partial charge in [-0.25, -0.2) is 17.9 Å². The van der Waals surface area contributed by atoms with E-state index in [4.69, 9.17) is 0 Å². The smallest absolute Gasteiger partial charge is 0.245 e. The molecule has 4 heterocycles. The third-order valence-electron chi connectivity index (χ3n) is 4.32. The predicted octanol–water partition coefficient (Wildman–Crippen LogP) is 2.04. The lowest BCUT2D eigenvalue weighted by Crippen LogP contribution is -2.38. The third-order valence-corrected chi connectivity index (χ3v) is 6.21. The van der Waals surface area contributed by atoms with E-state index in [9.17, 15) is 8.42 Å². The van der Waals surface area contributed by atoms with Crippen molar-refractivity contribution in [2.45, 2.75) is 30.2 Å². The minimum Gasteiger partial charge on any atom is -0.263 e. The van der Waals surface area contributed by atoms with E-state index in [0.29, 0.717) is 6.54 Å². The monoisotopic (exact) mass is 343 g/mol. The highest BCUT2D eigenvalue weighted by molar-refractivity contribution is 7.89. The van der Waals surface area contributed by atoms with Gasteiger partial charge in [-0.3, -0.25) is 4.98 Å². The molecule has 1 aliphatic rings. The number of rotatable bonds is 3. The number of fused-ring (bicyclic) bond motifs is 1. The van der Waals surface area contributed by atoms with Gasteiger partial charge in [0.1, 0.15) is 4.90 Å². The lowest BCUT2D eigenvalue weighted by atomic mass is 10.0. The molecule has 0 radical (unpaired) electrons. The third kappa shape index (κ3) is 2.57. The van der Waals surface area contributed by atoms with E-state index < -0.39 is 10.0 Å². The first-order valence-electron chi connectivity index (χ1n) is 7.88. The zero-order valence-corrected chi connectivity index (χ0v) is 13.8. The Kier molecular flexibility index (Phi) is 3.78. The lowest BCUT2D eigenvalue weighted by molar-refractivity contribution is 0.251. The molecule has 124 valence electrons. The molecule has 8 heteroatoms. The van der Waals surface area contributed by atoms with Crippen LogP contribution in [0.15, 0.2) is 53.9 Å². The van der Waals surface area contributed by atoms with Gasteiger partial charge in [-0.05, 0) is 31.0 Å². The fourth-order valence-corrected chi connectivity index (χ4v) is 4.77. The van der Waals surface area contributed by atoms with E-state index in [-0.39, 0.29) is 10.9 Å². The van der Waals surface area contributed by atoms with Crippen molar-refractivity contribution in [3.8, 4) is 0 Å². The van der Waals surface area contributed by atoms with Crippen LogP contribution >= 0.6 is 0 Å². The van der Waals surface area contributed by atoms with Crippen LogP contribution < -0.4 is 0 Å². The molecule has 0 unspecified atom stereocenters. The predicted molar refractivity (Wildman–Crippen MR) is 87.7 cm³/mol. The summed E-state index contributed by atoms with van der Waals surface area (Å²) in [4.78, 5) is 8.76. The van der Waals surface area contributed by atoms with Crippen molar-refractivity contribution < 1.29 is 8.42 Å². The van der Waals surface area contributed by atoms with Gasteiger partial charge < -0.3 is 0 Å². The summed E-state index contributed by atoms with van der Waals surface area (Å²) in [5, 5.41) is 4.13. The number of pyridine rings is 1. The fourth-order valence-electron chi connectivity index (χ4n) is 3.14. The van der Waals surface area contributed by atoms with Crippen LogP contribution in [0.5, 0.6) is 0 Å². The maximum Gasteiger partial charge on any atom is 0.245 e. The summed E-state index contributed by atoms with van der Waals surface area (Å²) in [7, 11) is -3.59. The summed E-state index contributed by atoms with van der Waals surface area (Å²) >= 11 is 0. The number of hydrogen-bond donors (Lipinski definition) is 0. The molecule has 4 rings (SSSR count). The molecule has 0 bridgehead atoms. The first-order chi connectivity index (χ1) is 11.7. The standard InChI is InChI=1S/C16H17N5O2S/c22-24(23,13-4-3-8-17-12-13)21-10-2-1-5-15(21)14-7-11-20-16(19-14)6-9-18-20/h3-4,6-9,11-12,15H,1-2,5,10H2/t15-/m1/s1. The van der Waals surface area contributed by atoms with Crippen LogP contribution in [0.25, 0.3) is 5.65 Å². The normalized spacial score (nSPS) is 19.6. The van der Waals surface area contributed by atoms with Crippen LogP contribution in [-0.2, 0) is 10.0 Å². The highest BCUT2D eigenvalue weighted by atomic mass is 32.2. The quantitative estimate of drug-likeness (QED) is 0.727. The number of aromatic nitrogens is 4. The highest BCUT2D eigenvalue weighted by Gasteiger charge is 2.35. The van der Waals surface area contributed by atoms with E-state index >= 15 is 0 Å². The molecule has 0 saturated carbocycles. The largest absolute Gasteiger partial charge is 0.263 e. The van der Waals surface area contributed by atoms with E-state index in [1.54, 1.807) is 33.3 Å². The van der Waals surface area contributed by atoms with Crippen LogP contribution in [0.2, 0.25) is 0 Å². The van der Waals surface area contributed by atoms with E-state index in [0.717, 1.165) is 30.6 Å². The van der Waals surface area contributed by atoms with Crippen LogP contribution in [0.4, 0.5) is 0 Å². The van der Waals surface area contributed by atoms with Crippen molar-refractivity contribution in [3.05, 3.63) is 54.7 Å². The Labute approximate surface area is 140 Å². The van der Waals surface area contributed by atoms with Gasteiger partial charge in [0.05, 0.1) is 17.9 Å². The van der Waals surface area contributed by atoms with Crippen LogP contribution in [0, 0.1) is 0 Å². The van der Waals surface area contributed by atoms with Gasteiger partial charge in [0.25, 0.3) is 0 Å². The maximum atomic E-state index is 13.0. The number of piperidine rings is 1. The molecule has 3 aromatic heterocycles. The topological polar surface area (TPSA) is 80.5 Å². The Balaban J connectivity index is 1.75. The van der Waals surface area contributed by atoms with Gasteiger partial charge in [-0.15, -0.1) is 0 Å². The zero-order chi connectivity index (χ0) is 16.6. The van der Waals surface area contributed by atoms with Gasteiger partial charge in [0.15, 0.2) is 5.65 Å². The first-order valence-corrected chi connectivity index (χ1v) is 9.32. The summed E-state index contributed by atoms with van der Waals surface area (Å²) in [5.41, 5.74) is 1.48. The summed E-state index contributed by atoms with van der Waals surface area (Å²) in [5.74, 6) is 0. The Morgan fingerprint density at radius 3 is 2.88 bits per heavy atom. The Morgan fingerprint density at radius 1 is 1.12 bits per heavy atom. The molecule has 24 heavy (non-hydrogen) atoms. The minimum absolute atomic E-state index is 0.224. The Morgan fingerprint density at radius 2 is 2.04 bits per heavy atom. The molecular formula is C16H17N5O2S. The second-order valence-electron chi connectivity index (χ2n) is 5.80. The molecule has 7 nitrogen and oxygen atoms in total. The molecule has 0 aromatic carbocycles. The van der Waals surface area contributed by atoms with Gasteiger partial charge in [-0.1, -0.05) is 6.42 Å². The van der Waals surface area contributed by atoms with Crippen molar-refractivity contribution >= 4 is 15.7 Å². The van der Waals surface area contributed by atoms with Crippen LogP contribution in [0.3, 0.4) is 0 Å². The van der Waals surface area contributed by atoms with Gasteiger partial charge >= 0.3 is 0 Å². The highest BCUT2D eigenvalue weighted by Crippen LogP contribution is 2.34. The van der Waals surface area contributed by atoms with Crippen molar-refractivity contribution in [1.29, 1.82) is 0 Å². The zero-order valence-electron chi connectivity index (χ0n) is 13.0. The molecule has 0 aliphatic carbocycles. The minimum atomic E-state index is -3.59. The number of nitrogens with zero attached hydrogens (tertiary/aromatic N) is 5. The van der Waals surface area contributed by atoms with Crippen LogP contribution in [-0.4, -0.2) is 38.8 Å². The average molecular weight is 343 g/mol. The number of hydrogen-bond acceptors (Lipinski definition) is 5. The summed E-state index contributed by atoms with van der Waals surface area (Å²) in [6.45, 7) is 0.494. The molecule has 0 amide bonds. The van der Waals surface area contributed by atoms with E-state index in [1.807, 2.05) is 18.3 Å². The van der Waals surface area contributed by atoms with E-state index in [2.05, 4.69) is 15.1 Å². The Hall–Kier alpha value is -2.32. The summed E-state index contributed by atoms with van der Waals surface area (Å²) < 4.78 is 29.3. The molecule has 0 N–H and O–H groups in total. The second-order valence-corrected chi connectivity index (χ2v) is 7.69.